The van der Waals surface area contributed by atoms with Crippen LogP contribution in [0.5, 0.6) is 0 Å². The van der Waals surface area contributed by atoms with E-state index in [0.29, 0.717) is 4.99 Å². The van der Waals surface area contributed by atoms with Crippen LogP contribution in [0.2, 0.25) is 0 Å². The van der Waals surface area contributed by atoms with Crippen LogP contribution >= 0.6 is 20.8 Å². The molecule has 0 aliphatic carbocycles. The number of hydrogen-bond donors (Lipinski definition) is 1. The highest BCUT2D eigenvalue weighted by atomic mass is 32.1. The summed E-state index contributed by atoms with van der Waals surface area (Å²) in [5.41, 5.74) is 0. The molecule has 0 aromatic carbocycles. The Hall–Kier alpha value is -0.0100. The molecule has 6 heavy (non-hydrogen) atoms. The third kappa shape index (κ3) is 3.99. The van der Waals surface area contributed by atoms with Gasteiger partial charge in [0.05, 0.1) is 4.99 Å². The van der Waals surface area contributed by atoms with E-state index in [9.17, 15) is 4.57 Å². The van der Waals surface area contributed by atoms with Gasteiger partial charge in [0.1, 0.15) is 0 Å². The van der Waals surface area contributed by atoms with Gasteiger partial charge in [0.2, 0.25) is 0 Å². The average molecular weight is 121 g/mol. The molecule has 2 nitrogen and oxygen atoms in total. The Morgan fingerprint density at radius 3 is 2.50 bits per heavy atom. The fourth-order valence-corrected chi connectivity index (χ4v) is 0.305. The zero-order valence-electron chi connectivity index (χ0n) is 3.26. The summed E-state index contributed by atoms with van der Waals surface area (Å²) < 4.78 is 9.51. The van der Waals surface area contributed by atoms with Crippen LogP contribution in [0.25, 0.3) is 0 Å². The van der Waals surface area contributed by atoms with E-state index < -0.39 is 0 Å². The fourth-order valence-electron chi connectivity index (χ4n) is 0.0643. The van der Waals surface area contributed by atoms with Gasteiger partial charge in [-0.15, -0.1) is 0 Å². The van der Waals surface area contributed by atoms with Crippen molar-refractivity contribution in [2.75, 3.05) is 0 Å². The van der Waals surface area contributed by atoms with Gasteiger partial charge < -0.3 is 0 Å². The maximum atomic E-state index is 9.51. The Kier molecular flexibility index (Phi) is 3.19. The first kappa shape index (κ1) is 5.99. The quantitative estimate of drug-likeness (QED) is 0.416. The molecular weight excluding hydrogens is 117 g/mol. The summed E-state index contributed by atoms with van der Waals surface area (Å²) in [5, 5.41) is 2.36. The fraction of sp³-hybridized carbons (Fsp3) is 0.500. The van der Waals surface area contributed by atoms with E-state index in [1.165, 1.54) is 0 Å². The second-order valence-corrected chi connectivity index (χ2v) is 1.78. The molecule has 0 amide bonds. The standard InChI is InChI=1S/C2H4NOPS/c1-2(6)3-5-4/h1H3,(H,3,4,6). The van der Waals surface area contributed by atoms with Gasteiger partial charge in [-0.25, -0.2) is 4.57 Å². The predicted octanol–water partition coefficient (Wildman–Crippen LogP) is 1.13. The molecule has 0 aromatic heterocycles. The monoisotopic (exact) mass is 121 g/mol. The molecule has 0 atom stereocenters. The molecular formula is C2H4NOPS. The number of nitrogens with one attached hydrogen (secondary N) is 1. The van der Waals surface area contributed by atoms with Crippen molar-refractivity contribution in [2.45, 2.75) is 6.92 Å². The Morgan fingerprint density at radius 2 is 2.50 bits per heavy atom. The van der Waals surface area contributed by atoms with E-state index in [-0.39, 0.29) is 8.61 Å². The van der Waals surface area contributed by atoms with Crippen LogP contribution in [0.3, 0.4) is 0 Å². The maximum absolute atomic E-state index is 9.51. The Balaban J connectivity index is 3.05. The van der Waals surface area contributed by atoms with E-state index in [1.807, 2.05) is 0 Å². The van der Waals surface area contributed by atoms with Gasteiger partial charge in [0, 0.05) is 0 Å². The van der Waals surface area contributed by atoms with E-state index in [4.69, 9.17) is 0 Å². The molecule has 0 bridgehead atoms. The van der Waals surface area contributed by atoms with Crippen LogP contribution in [0, 0.1) is 0 Å². The van der Waals surface area contributed by atoms with Crippen LogP contribution in [-0.4, -0.2) is 4.99 Å². The summed E-state index contributed by atoms with van der Waals surface area (Å²) in [6.45, 7) is 1.67. The number of rotatable bonds is 1. The summed E-state index contributed by atoms with van der Waals surface area (Å²) in [7, 11) is -0.117. The van der Waals surface area contributed by atoms with Gasteiger partial charge in [-0.05, 0) is 6.92 Å². The summed E-state index contributed by atoms with van der Waals surface area (Å²) in [5.74, 6) is 0. The van der Waals surface area contributed by atoms with E-state index >= 15 is 0 Å². The van der Waals surface area contributed by atoms with Gasteiger partial charge in [0.25, 0.3) is 8.61 Å². The Labute approximate surface area is 43.2 Å². The zero-order valence-corrected chi connectivity index (χ0v) is 4.97. The van der Waals surface area contributed by atoms with Crippen LogP contribution in [0.15, 0.2) is 0 Å². The van der Waals surface area contributed by atoms with Crippen molar-refractivity contribution in [3.8, 4) is 0 Å². The van der Waals surface area contributed by atoms with Gasteiger partial charge in [0.15, 0.2) is 0 Å². The second kappa shape index (κ2) is 3.19. The Bertz CT molecular complexity index is 73.9. The molecule has 34 valence electrons. The SMILES string of the molecule is CC(=S)NP=O. The lowest BCUT2D eigenvalue weighted by Crippen LogP contribution is -2.01. The zero-order chi connectivity index (χ0) is 4.99. The minimum Gasteiger partial charge on any atom is -0.299 e. The van der Waals surface area contributed by atoms with Crippen LogP contribution in [0.4, 0.5) is 0 Å². The summed E-state index contributed by atoms with van der Waals surface area (Å²) >= 11 is 4.48. The van der Waals surface area contributed by atoms with Crippen molar-refractivity contribution >= 4 is 25.8 Å². The van der Waals surface area contributed by atoms with E-state index in [0.717, 1.165) is 0 Å². The largest absolute Gasteiger partial charge is 0.299 e. The lowest BCUT2D eigenvalue weighted by molar-refractivity contribution is 0.597. The first-order chi connectivity index (χ1) is 2.77. The van der Waals surface area contributed by atoms with Crippen molar-refractivity contribution in [1.29, 1.82) is 0 Å². The first-order valence-corrected chi connectivity index (χ1v) is 2.58. The molecule has 0 spiro atoms. The lowest BCUT2D eigenvalue weighted by Gasteiger charge is -1.81. The number of thiocarbonyl (C=S) groups is 1. The van der Waals surface area contributed by atoms with Crippen molar-refractivity contribution < 1.29 is 4.57 Å². The molecule has 0 aliphatic rings. The van der Waals surface area contributed by atoms with Crippen molar-refractivity contribution in [3.63, 3.8) is 0 Å². The molecule has 0 heterocycles. The number of hydrogen-bond acceptors (Lipinski definition) is 2. The minimum atomic E-state index is -0.117. The molecule has 4 heteroatoms. The van der Waals surface area contributed by atoms with Crippen molar-refractivity contribution in [2.24, 2.45) is 0 Å². The minimum absolute atomic E-state index is 0.117. The van der Waals surface area contributed by atoms with E-state index in [1.54, 1.807) is 6.92 Å². The second-order valence-electron chi connectivity index (χ2n) is 0.759. The van der Waals surface area contributed by atoms with Crippen LogP contribution in [-0.2, 0) is 4.57 Å². The molecule has 0 aliphatic heterocycles. The van der Waals surface area contributed by atoms with Gasteiger partial charge >= 0.3 is 0 Å². The Morgan fingerprint density at radius 1 is 2.00 bits per heavy atom. The van der Waals surface area contributed by atoms with Gasteiger partial charge in [-0.2, -0.15) is 0 Å². The summed E-state index contributed by atoms with van der Waals surface area (Å²) in [4.78, 5) is 0.548. The predicted molar refractivity (Wildman–Crippen MR) is 29.0 cm³/mol. The normalized spacial score (nSPS) is 8.17. The molecule has 0 unspecified atom stereocenters. The summed E-state index contributed by atoms with van der Waals surface area (Å²) in [6, 6.07) is 0. The van der Waals surface area contributed by atoms with Crippen LogP contribution < -0.4 is 5.09 Å². The van der Waals surface area contributed by atoms with Crippen molar-refractivity contribution in [3.05, 3.63) is 0 Å². The molecule has 0 saturated heterocycles. The van der Waals surface area contributed by atoms with Gasteiger partial charge in [-0.1, -0.05) is 12.2 Å². The third-order valence-corrected chi connectivity index (χ3v) is 0.883. The molecule has 0 radical (unpaired) electrons. The highest BCUT2D eigenvalue weighted by Crippen LogP contribution is 1.79. The topological polar surface area (TPSA) is 29.1 Å². The smallest absolute Gasteiger partial charge is 0.279 e. The molecule has 0 fully saturated rings. The molecule has 1 N–H and O–H groups in total. The molecule has 0 aromatic rings. The first-order valence-electron chi connectivity index (χ1n) is 1.36. The highest BCUT2D eigenvalue weighted by Gasteiger charge is 1.75. The maximum Gasteiger partial charge on any atom is 0.279 e. The average Bonchev–Trinajstić information content (AvgIpc) is 1.35. The van der Waals surface area contributed by atoms with E-state index in [2.05, 4.69) is 17.3 Å². The van der Waals surface area contributed by atoms with Gasteiger partial charge in [-0.3, -0.25) is 5.09 Å². The van der Waals surface area contributed by atoms with Crippen molar-refractivity contribution in [1.82, 2.24) is 5.09 Å². The van der Waals surface area contributed by atoms with Crippen LogP contribution in [0.1, 0.15) is 6.92 Å². The highest BCUT2D eigenvalue weighted by molar-refractivity contribution is 7.80. The lowest BCUT2D eigenvalue weighted by atomic mass is 10.8. The molecule has 0 rings (SSSR count). The summed E-state index contributed by atoms with van der Waals surface area (Å²) in [6.07, 6.45) is 0. The third-order valence-electron chi connectivity index (χ3n) is 0.203. The molecule has 0 saturated carbocycles.